The Bertz CT molecular complexity index is 566. The van der Waals surface area contributed by atoms with Crippen LogP contribution in [0.2, 0.25) is 5.28 Å². The third kappa shape index (κ3) is 4.20. The van der Waals surface area contributed by atoms with E-state index >= 15 is 0 Å². The monoisotopic (exact) mass is 297 g/mol. The van der Waals surface area contributed by atoms with Crippen molar-refractivity contribution in [2.45, 2.75) is 13.3 Å². The summed E-state index contributed by atoms with van der Waals surface area (Å²) in [5.74, 6) is 0.600. The van der Waals surface area contributed by atoms with Gasteiger partial charge >= 0.3 is 0 Å². The molecule has 0 unspecified atom stereocenters. The van der Waals surface area contributed by atoms with Crippen molar-refractivity contribution in [3.8, 4) is 5.75 Å². The maximum absolute atomic E-state index is 12.7. The Kier molecular flexibility index (Phi) is 4.89. The van der Waals surface area contributed by atoms with E-state index in [9.17, 15) is 4.39 Å². The lowest BCUT2D eigenvalue weighted by molar-refractivity contribution is 0.398. The lowest BCUT2D eigenvalue weighted by Gasteiger charge is -2.08. The van der Waals surface area contributed by atoms with Crippen LogP contribution in [-0.2, 0) is 0 Å². The predicted octanol–water partition coefficient (Wildman–Crippen LogP) is 2.89. The number of hydrogen-bond donors (Lipinski definition) is 2. The summed E-state index contributed by atoms with van der Waals surface area (Å²) in [7, 11) is 0. The number of rotatable bonds is 6. The molecule has 0 spiro atoms. The molecule has 1 aromatic carbocycles. The van der Waals surface area contributed by atoms with Crippen molar-refractivity contribution in [2.24, 2.45) is 0 Å². The van der Waals surface area contributed by atoms with Gasteiger partial charge < -0.3 is 10.2 Å². The molecule has 0 radical (unpaired) electrons. The zero-order valence-corrected chi connectivity index (χ0v) is 11.5. The number of anilines is 2. The molecule has 2 aromatic rings. The smallest absolute Gasteiger partial charge is 0.262 e. The van der Waals surface area contributed by atoms with E-state index in [0.29, 0.717) is 11.7 Å². The average molecular weight is 298 g/mol. The number of hydrogen-bond acceptors (Lipinski definition) is 6. The van der Waals surface area contributed by atoms with Crippen LogP contribution >= 0.6 is 11.6 Å². The van der Waals surface area contributed by atoms with E-state index in [-0.39, 0.29) is 17.0 Å². The highest BCUT2D eigenvalue weighted by Gasteiger charge is 2.05. The van der Waals surface area contributed by atoms with E-state index in [1.54, 1.807) is 0 Å². The van der Waals surface area contributed by atoms with Crippen LogP contribution < -0.4 is 15.6 Å². The highest BCUT2D eigenvalue weighted by atomic mass is 35.5. The minimum Gasteiger partial charge on any atom is -0.379 e. The molecule has 2 N–H and O–H groups in total. The fourth-order valence-corrected chi connectivity index (χ4v) is 1.48. The molecule has 0 aliphatic heterocycles. The Labute approximate surface area is 120 Å². The van der Waals surface area contributed by atoms with Crippen molar-refractivity contribution < 1.29 is 9.23 Å². The van der Waals surface area contributed by atoms with Crippen molar-refractivity contribution in [3.05, 3.63) is 35.4 Å². The van der Waals surface area contributed by atoms with E-state index < -0.39 is 0 Å². The first kappa shape index (κ1) is 14.3. The summed E-state index contributed by atoms with van der Waals surface area (Å²) in [6.45, 7) is 2.74. The van der Waals surface area contributed by atoms with Crippen LogP contribution in [0, 0.1) is 5.82 Å². The Balaban J connectivity index is 2.01. The van der Waals surface area contributed by atoms with Crippen LogP contribution in [0.4, 0.5) is 16.3 Å². The van der Waals surface area contributed by atoms with E-state index in [4.69, 9.17) is 16.4 Å². The molecule has 0 saturated heterocycles. The molecule has 0 amide bonds. The molecular formula is C12H13ClFN5O. The summed E-state index contributed by atoms with van der Waals surface area (Å²) < 4.78 is 12.7. The quantitative estimate of drug-likeness (QED) is 0.799. The highest BCUT2D eigenvalue weighted by Crippen LogP contribution is 2.13. The van der Waals surface area contributed by atoms with Gasteiger partial charge in [0.05, 0.1) is 0 Å². The van der Waals surface area contributed by atoms with E-state index in [2.05, 4.69) is 25.7 Å². The fraction of sp³-hybridized carbons (Fsp3) is 0.250. The molecule has 0 atom stereocenters. The SMILES string of the molecule is CCCNc1nc(Cl)nc(NOc2ccc(F)cc2)n1. The first-order valence-electron chi connectivity index (χ1n) is 6.01. The van der Waals surface area contributed by atoms with Gasteiger partial charge in [-0.1, -0.05) is 6.92 Å². The molecule has 20 heavy (non-hydrogen) atoms. The molecule has 0 aliphatic carbocycles. The second-order valence-electron chi connectivity index (χ2n) is 3.84. The summed E-state index contributed by atoms with van der Waals surface area (Å²) in [5.41, 5.74) is 2.53. The topological polar surface area (TPSA) is 72.0 Å². The molecule has 1 aromatic heterocycles. The Morgan fingerprint density at radius 2 is 1.85 bits per heavy atom. The lowest BCUT2D eigenvalue weighted by atomic mass is 10.3. The molecule has 0 saturated carbocycles. The van der Waals surface area contributed by atoms with Crippen LogP contribution in [-0.4, -0.2) is 21.5 Å². The van der Waals surface area contributed by atoms with Crippen molar-refractivity contribution in [2.75, 3.05) is 17.3 Å². The van der Waals surface area contributed by atoms with Crippen LogP contribution in [0.15, 0.2) is 24.3 Å². The first-order chi connectivity index (χ1) is 9.67. The van der Waals surface area contributed by atoms with Gasteiger partial charge in [0, 0.05) is 6.54 Å². The molecule has 6 nitrogen and oxygen atoms in total. The maximum Gasteiger partial charge on any atom is 0.262 e. The third-order valence-electron chi connectivity index (χ3n) is 2.22. The van der Waals surface area contributed by atoms with Gasteiger partial charge in [-0.2, -0.15) is 20.4 Å². The van der Waals surface area contributed by atoms with Crippen molar-refractivity contribution >= 4 is 23.5 Å². The van der Waals surface area contributed by atoms with E-state index in [1.165, 1.54) is 24.3 Å². The zero-order chi connectivity index (χ0) is 14.4. The summed E-state index contributed by atoms with van der Waals surface area (Å²) in [6.07, 6.45) is 0.929. The molecule has 106 valence electrons. The van der Waals surface area contributed by atoms with Crippen molar-refractivity contribution in [1.29, 1.82) is 0 Å². The number of nitrogens with zero attached hydrogens (tertiary/aromatic N) is 3. The summed E-state index contributed by atoms with van der Waals surface area (Å²) in [6, 6.07) is 5.51. The van der Waals surface area contributed by atoms with Gasteiger partial charge in [0.1, 0.15) is 5.82 Å². The molecular weight excluding hydrogens is 285 g/mol. The van der Waals surface area contributed by atoms with Gasteiger partial charge in [0.15, 0.2) is 5.75 Å². The minimum atomic E-state index is -0.341. The zero-order valence-electron chi connectivity index (χ0n) is 10.7. The van der Waals surface area contributed by atoms with Crippen molar-refractivity contribution in [3.63, 3.8) is 0 Å². The summed E-state index contributed by atoms with van der Waals surface area (Å²) in [5, 5.41) is 3.03. The molecule has 0 aliphatic rings. The normalized spacial score (nSPS) is 10.2. The fourth-order valence-electron chi connectivity index (χ4n) is 1.32. The Morgan fingerprint density at radius 1 is 1.15 bits per heavy atom. The van der Waals surface area contributed by atoms with Crippen LogP contribution in [0.25, 0.3) is 0 Å². The van der Waals surface area contributed by atoms with Crippen LogP contribution in [0.1, 0.15) is 13.3 Å². The summed E-state index contributed by atoms with van der Waals surface area (Å²) in [4.78, 5) is 17.1. The second-order valence-corrected chi connectivity index (χ2v) is 4.17. The maximum atomic E-state index is 12.7. The summed E-state index contributed by atoms with van der Waals surface area (Å²) >= 11 is 5.78. The number of aromatic nitrogens is 3. The van der Waals surface area contributed by atoms with Gasteiger partial charge in [-0.05, 0) is 42.3 Å². The van der Waals surface area contributed by atoms with Gasteiger partial charge in [-0.25, -0.2) is 4.39 Å². The number of nitrogens with one attached hydrogen (secondary N) is 2. The number of halogens is 2. The molecule has 8 heteroatoms. The van der Waals surface area contributed by atoms with Gasteiger partial charge in [0.25, 0.3) is 5.95 Å². The van der Waals surface area contributed by atoms with E-state index in [0.717, 1.165) is 13.0 Å². The third-order valence-corrected chi connectivity index (χ3v) is 2.38. The molecule has 0 fully saturated rings. The van der Waals surface area contributed by atoms with Crippen LogP contribution in [0.3, 0.4) is 0 Å². The average Bonchev–Trinajstić information content (AvgIpc) is 2.44. The first-order valence-corrected chi connectivity index (χ1v) is 6.39. The minimum absolute atomic E-state index is 0.0452. The van der Waals surface area contributed by atoms with Gasteiger partial charge in [-0.3, -0.25) is 0 Å². The molecule has 0 bridgehead atoms. The van der Waals surface area contributed by atoms with Crippen LogP contribution in [0.5, 0.6) is 5.75 Å². The standard InChI is InChI=1S/C12H13ClFN5O/c1-2-7-15-11-16-10(13)17-12(18-11)19-20-9-5-3-8(14)4-6-9/h3-6H,2,7H2,1H3,(H2,15,16,17,18,19). The molecule has 2 rings (SSSR count). The second kappa shape index (κ2) is 6.85. The van der Waals surface area contributed by atoms with Gasteiger partial charge in [-0.15, -0.1) is 0 Å². The largest absolute Gasteiger partial charge is 0.379 e. The highest BCUT2D eigenvalue weighted by molar-refractivity contribution is 6.28. The molecule has 1 heterocycles. The van der Waals surface area contributed by atoms with E-state index in [1.807, 2.05) is 6.92 Å². The van der Waals surface area contributed by atoms with Crippen molar-refractivity contribution in [1.82, 2.24) is 15.0 Å². The Hall–Kier alpha value is -2.15. The Morgan fingerprint density at radius 3 is 2.55 bits per heavy atom. The van der Waals surface area contributed by atoms with Gasteiger partial charge in [0.2, 0.25) is 11.2 Å². The number of benzene rings is 1. The lowest BCUT2D eigenvalue weighted by Crippen LogP contribution is -2.12. The predicted molar refractivity (Wildman–Crippen MR) is 74.3 cm³/mol.